The van der Waals surface area contributed by atoms with Gasteiger partial charge in [-0.2, -0.15) is 0 Å². The molecular weight excluding hydrogens is 398 g/mol. The number of hydrogen-bond donors (Lipinski definition) is 3. The molecule has 5 nitrogen and oxygen atoms in total. The smallest absolute Gasteiger partial charge is 0.243 e. The van der Waals surface area contributed by atoms with Gasteiger partial charge < -0.3 is 10.6 Å². The van der Waals surface area contributed by atoms with Gasteiger partial charge in [-0.05, 0) is 49.9 Å². The summed E-state index contributed by atoms with van der Waals surface area (Å²) in [6.45, 7) is 7.67. The molecule has 166 valence electrons. The molecule has 0 aliphatic carbocycles. The summed E-state index contributed by atoms with van der Waals surface area (Å²) in [5, 5.41) is 9.06. The van der Waals surface area contributed by atoms with Crippen molar-refractivity contribution in [3.8, 4) is 0 Å². The molecule has 0 bridgehead atoms. The summed E-state index contributed by atoms with van der Waals surface area (Å²) >= 11 is 0. The number of hydrogen-bond acceptors (Lipinski definition) is 3. The van der Waals surface area contributed by atoms with E-state index in [4.69, 9.17) is 0 Å². The molecule has 0 saturated carbocycles. The molecule has 0 aromatic heterocycles. The molecule has 3 rings (SSSR count). The molecule has 2 atom stereocenters. The molecule has 0 spiro atoms. The maximum absolute atomic E-state index is 12.7. The predicted molar refractivity (Wildman–Crippen MR) is 130 cm³/mol. The van der Waals surface area contributed by atoms with Gasteiger partial charge in [0.15, 0.2) is 0 Å². The SMILES string of the molecule is Cc1ccc([C@@H](N[C@@H](C)C(=O)NCC(=O)Nc2c(C)cccc2C)c2ccccc2)cc1. The zero-order chi connectivity index (χ0) is 23.1. The van der Waals surface area contributed by atoms with Crippen molar-refractivity contribution in [3.63, 3.8) is 0 Å². The molecule has 0 fully saturated rings. The highest BCUT2D eigenvalue weighted by Gasteiger charge is 2.21. The van der Waals surface area contributed by atoms with Gasteiger partial charge in [0.1, 0.15) is 0 Å². The molecule has 0 heterocycles. The zero-order valence-electron chi connectivity index (χ0n) is 19.1. The summed E-state index contributed by atoms with van der Waals surface area (Å²) in [6, 6.07) is 23.5. The second kappa shape index (κ2) is 10.7. The fourth-order valence-electron chi connectivity index (χ4n) is 3.63. The van der Waals surface area contributed by atoms with Crippen LogP contribution in [0.15, 0.2) is 72.8 Å². The van der Waals surface area contributed by atoms with Crippen LogP contribution in [0.25, 0.3) is 0 Å². The van der Waals surface area contributed by atoms with Crippen molar-refractivity contribution < 1.29 is 9.59 Å². The number of amides is 2. The topological polar surface area (TPSA) is 70.2 Å². The van der Waals surface area contributed by atoms with Crippen molar-refractivity contribution >= 4 is 17.5 Å². The van der Waals surface area contributed by atoms with Gasteiger partial charge >= 0.3 is 0 Å². The van der Waals surface area contributed by atoms with Gasteiger partial charge in [0, 0.05) is 5.69 Å². The first kappa shape index (κ1) is 23.2. The van der Waals surface area contributed by atoms with Gasteiger partial charge in [-0.15, -0.1) is 0 Å². The summed E-state index contributed by atoms with van der Waals surface area (Å²) in [4.78, 5) is 25.1. The van der Waals surface area contributed by atoms with Crippen LogP contribution in [-0.4, -0.2) is 24.4 Å². The Morgan fingerprint density at radius 2 is 1.38 bits per heavy atom. The maximum Gasteiger partial charge on any atom is 0.243 e. The average Bonchev–Trinajstić information content (AvgIpc) is 2.79. The first-order valence-corrected chi connectivity index (χ1v) is 10.9. The lowest BCUT2D eigenvalue weighted by Gasteiger charge is -2.24. The molecule has 0 aliphatic rings. The molecule has 3 aromatic carbocycles. The Morgan fingerprint density at radius 3 is 2.00 bits per heavy atom. The second-order valence-corrected chi connectivity index (χ2v) is 8.18. The van der Waals surface area contributed by atoms with E-state index in [1.165, 1.54) is 5.56 Å². The van der Waals surface area contributed by atoms with E-state index >= 15 is 0 Å². The lowest BCUT2D eigenvalue weighted by molar-refractivity contribution is -0.125. The summed E-state index contributed by atoms with van der Waals surface area (Å²) < 4.78 is 0. The highest BCUT2D eigenvalue weighted by atomic mass is 16.2. The molecule has 0 radical (unpaired) electrons. The van der Waals surface area contributed by atoms with E-state index in [1.807, 2.05) is 76.2 Å². The third-order valence-electron chi connectivity index (χ3n) is 5.52. The molecule has 32 heavy (non-hydrogen) atoms. The monoisotopic (exact) mass is 429 g/mol. The van der Waals surface area contributed by atoms with Gasteiger partial charge in [-0.3, -0.25) is 14.9 Å². The van der Waals surface area contributed by atoms with Crippen LogP contribution in [0.2, 0.25) is 0 Å². The number of aryl methyl sites for hydroxylation is 3. The number of carbonyl (C=O) groups excluding carboxylic acids is 2. The van der Waals surface area contributed by atoms with E-state index in [-0.39, 0.29) is 24.4 Å². The van der Waals surface area contributed by atoms with E-state index in [0.717, 1.165) is 27.9 Å². The highest BCUT2D eigenvalue weighted by molar-refractivity contribution is 5.96. The largest absolute Gasteiger partial charge is 0.346 e. The Kier molecular flexibility index (Phi) is 7.79. The van der Waals surface area contributed by atoms with Gasteiger partial charge in [0.2, 0.25) is 11.8 Å². The number of carbonyl (C=O) groups is 2. The Morgan fingerprint density at radius 1 is 0.781 bits per heavy atom. The quantitative estimate of drug-likeness (QED) is 0.496. The first-order valence-electron chi connectivity index (χ1n) is 10.9. The van der Waals surface area contributed by atoms with Gasteiger partial charge in [0.05, 0.1) is 18.6 Å². The van der Waals surface area contributed by atoms with Crippen LogP contribution in [-0.2, 0) is 9.59 Å². The van der Waals surface area contributed by atoms with E-state index in [9.17, 15) is 9.59 Å². The molecule has 0 saturated heterocycles. The number of para-hydroxylation sites is 1. The minimum absolute atomic E-state index is 0.0842. The summed E-state index contributed by atoms with van der Waals surface area (Å²) in [7, 11) is 0. The minimum Gasteiger partial charge on any atom is -0.346 e. The summed E-state index contributed by atoms with van der Waals surface area (Å²) in [5.41, 5.74) is 6.10. The first-order chi connectivity index (χ1) is 15.3. The fourth-order valence-corrected chi connectivity index (χ4v) is 3.63. The maximum atomic E-state index is 12.7. The molecule has 5 heteroatoms. The fraction of sp³-hybridized carbons (Fsp3) is 0.259. The normalized spacial score (nSPS) is 12.6. The van der Waals surface area contributed by atoms with Gasteiger partial charge in [0.25, 0.3) is 0 Å². The van der Waals surface area contributed by atoms with Crippen LogP contribution < -0.4 is 16.0 Å². The van der Waals surface area contributed by atoms with Crippen LogP contribution in [0, 0.1) is 20.8 Å². The van der Waals surface area contributed by atoms with E-state index in [1.54, 1.807) is 0 Å². The average molecular weight is 430 g/mol. The van der Waals surface area contributed by atoms with Crippen molar-refractivity contribution in [1.82, 2.24) is 10.6 Å². The Hall–Kier alpha value is -3.44. The molecule has 0 aliphatic heterocycles. The highest BCUT2D eigenvalue weighted by Crippen LogP contribution is 2.23. The number of nitrogens with one attached hydrogen (secondary N) is 3. The third kappa shape index (κ3) is 6.05. The van der Waals surface area contributed by atoms with Gasteiger partial charge in [-0.25, -0.2) is 0 Å². The lowest BCUT2D eigenvalue weighted by Crippen LogP contribution is -2.46. The van der Waals surface area contributed by atoms with E-state index in [0.29, 0.717) is 0 Å². The molecular formula is C27H31N3O2. The zero-order valence-corrected chi connectivity index (χ0v) is 19.1. The van der Waals surface area contributed by atoms with Crippen LogP contribution in [0.4, 0.5) is 5.69 Å². The molecule has 3 aromatic rings. The van der Waals surface area contributed by atoms with E-state index < -0.39 is 6.04 Å². The minimum atomic E-state index is -0.491. The van der Waals surface area contributed by atoms with Crippen LogP contribution in [0.3, 0.4) is 0 Å². The van der Waals surface area contributed by atoms with Crippen LogP contribution >= 0.6 is 0 Å². The van der Waals surface area contributed by atoms with Crippen LogP contribution in [0.1, 0.15) is 40.8 Å². The Bertz CT molecular complexity index is 1040. The molecule has 0 unspecified atom stereocenters. The lowest BCUT2D eigenvalue weighted by atomic mass is 9.97. The second-order valence-electron chi connectivity index (χ2n) is 8.18. The standard InChI is InChI=1S/C27H31N3O2/c1-18-13-15-23(16-14-18)26(22-11-6-5-7-12-22)29-21(4)27(32)28-17-24(31)30-25-19(2)9-8-10-20(25)3/h5-16,21,26,29H,17H2,1-4H3,(H,28,32)(H,30,31)/t21-,26-/m0/s1. The number of anilines is 1. The van der Waals surface area contributed by atoms with Crippen molar-refractivity contribution in [3.05, 3.63) is 101 Å². The molecule has 2 amide bonds. The Balaban J connectivity index is 1.63. The summed E-state index contributed by atoms with van der Waals surface area (Å²) in [6.07, 6.45) is 0. The van der Waals surface area contributed by atoms with Crippen molar-refractivity contribution in [1.29, 1.82) is 0 Å². The van der Waals surface area contributed by atoms with Crippen molar-refractivity contribution in [2.24, 2.45) is 0 Å². The number of benzene rings is 3. The van der Waals surface area contributed by atoms with Crippen LogP contribution in [0.5, 0.6) is 0 Å². The third-order valence-corrected chi connectivity index (χ3v) is 5.52. The Labute approximate surface area is 190 Å². The molecule has 3 N–H and O–H groups in total. The van der Waals surface area contributed by atoms with E-state index in [2.05, 4.69) is 40.2 Å². The van der Waals surface area contributed by atoms with Crippen molar-refractivity contribution in [2.45, 2.75) is 39.8 Å². The van der Waals surface area contributed by atoms with Gasteiger partial charge in [-0.1, -0.05) is 78.4 Å². The summed E-state index contributed by atoms with van der Waals surface area (Å²) in [5.74, 6) is -0.476. The predicted octanol–water partition coefficient (Wildman–Crippen LogP) is 4.43. The van der Waals surface area contributed by atoms with Crippen molar-refractivity contribution in [2.75, 3.05) is 11.9 Å². The number of rotatable bonds is 8.